The lowest BCUT2D eigenvalue weighted by Crippen LogP contribution is -2.44. The van der Waals surface area contributed by atoms with Crippen LogP contribution in [-0.2, 0) is 14.1 Å². The number of amides is 1. The largest absolute Gasteiger partial charge is 0.352 e. The molecule has 9 nitrogen and oxygen atoms in total. The molecule has 140 valence electrons. The molecule has 0 spiro atoms. The molecule has 1 aliphatic rings. The van der Waals surface area contributed by atoms with Crippen LogP contribution in [0.4, 0.5) is 0 Å². The minimum atomic E-state index is -0.455. The van der Waals surface area contributed by atoms with Crippen LogP contribution in [0.2, 0.25) is 0 Å². The van der Waals surface area contributed by atoms with E-state index in [0.29, 0.717) is 12.1 Å². The Bertz CT molecular complexity index is 926. The Kier molecular flexibility index (Phi) is 5.48. The van der Waals surface area contributed by atoms with Crippen molar-refractivity contribution >= 4 is 16.9 Å². The van der Waals surface area contributed by atoms with Gasteiger partial charge in [0.2, 0.25) is 0 Å². The van der Waals surface area contributed by atoms with E-state index in [-0.39, 0.29) is 16.9 Å². The number of fused-ring (bicyclic) bond motifs is 1. The zero-order chi connectivity index (χ0) is 18.7. The number of hydrogen-bond acceptors (Lipinski definition) is 6. The summed E-state index contributed by atoms with van der Waals surface area (Å²) in [5.74, 6) is -0.268. The molecule has 9 heteroatoms. The normalized spacial score (nSPS) is 15.3. The number of carbonyl (C=O) groups excluding carboxylic acids is 1. The van der Waals surface area contributed by atoms with Gasteiger partial charge in [0.05, 0.1) is 10.9 Å². The highest BCUT2D eigenvalue weighted by atomic mass is 16.2. The van der Waals surface area contributed by atoms with Gasteiger partial charge in [0.25, 0.3) is 11.5 Å². The Morgan fingerprint density at radius 2 is 1.96 bits per heavy atom. The van der Waals surface area contributed by atoms with Crippen LogP contribution < -0.4 is 21.9 Å². The Balaban J connectivity index is 1.67. The second-order valence-electron chi connectivity index (χ2n) is 6.50. The standard InChI is InChI=1S/C17H24N6O3/c1-21-14-13(16(25)22(2)17(21)26)10-12(11-20-14)15(24)19-4-3-7-23-8-5-18-6-9-23/h10-11,18H,3-9H2,1-2H3,(H,19,24). The third-order valence-corrected chi connectivity index (χ3v) is 4.70. The maximum Gasteiger partial charge on any atom is 0.332 e. The average Bonchev–Trinajstić information content (AvgIpc) is 2.68. The molecule has 1 fully saturated rings. The molecule has 0 radical (unpaired) electrons. The molecule has 0 aromatic carbocycles. The Hall–Kier alpha value is -2.52. The fourth-order valence-electron chi connectivity index (χ4n) is 3.13. The molecule has 0 unspecified atom stereocenters. The molecule has 0 atom stereocenters. The first-order chi connectivity index (χ1) is 12.5. The van der Waals surface area contributed by atoms with Crippen LogP contribution in [0.25, 0.3) is 11.0 Å². The van der Waals surface area contributed by atoms with E-state index in [0.717, 1.165) is 43.7 Å². The van der Waals surface area contributed by atoms with E-state index < -0.39 is 11.2 Å². The lowest BCUT2D eigenvalue weighted by atomic mass is 10.2. The first kappa shape index (κ1) is 18.3. The Morgan fingerprint density at radius 1 is 1.23 bits per heavy atom. The molecular formula is C17H24N6O3. The van der Waals surface area contributed by atoms with E-state index in [1.165, 1.54) is 23.9 Å². The van der Waals surface area contributed by atoms with E-state index in [1.807, 2.05) is 0 Å². The first-order valence-electron chi connectivity index (χ1n) is 8.76. The molecule has 1 saturated heterocycles. The molecule has 2 N–H and O–H groups in total. The van der Waals surface area contributed by atoms with Gasteiger partial charge in [0.15, 0.2) is 0 Å². The van der Waals surface area contributed by atoms with Crippen LogP contribution in [0, 0.1) is 0 Å². The molecule has 3 heterocycles. The summed E-state index contributed by atoms with van der Waals surface area (Å²) < 4.78 is 2.31. The molecule has 0 aliphatic carbocycles. The van der Waals surface area contributed by atoms with Crippen molar-refractivity contribution in [1.82, 2.24) is 29.7 Å². The number of rotatable bonds is 5. The highest BCUT2D eigenvalue weighted by Crippen LogP contribution is 2.07. The number of nitrogens with zero attached hydrogens (tertiary/aromatic N) is 4. The second kappa shape index (κ2) is 7.79. The van der Waals surface area contributed by atoms with Crippen LogP contribution in [0.1, 0.15) is 16.8 Å². The Morgan fingerprint density at radius 3 is 2.69 bits per heavy atom. The van der Waals surface area contributed by atoms with Crippen molar-refractivity contribution in [3.05, 3.63) is 38.7 Å². The number of aryl methyl sites for hydroxylation is 1. The molecule has 0 saturated carbocycles. The molecule has 1 aliphatic heterocycles. The molecular weight excluding hydrogens is 336 g/mol. The summed E-state index contributed by atoms with van der Waals surface area (Å²) in [7, 11) is 2.96. The molecule has 0 bridgehead atoms. The van der Waals surface area contributed by atoms with Crippen molar-refractivity contribution in [3.8, 4) is 0 Å². The number of hydrogen-bond donors (Lipinski definition) is 2. The van der Waals surface area contributed by atoms with Gasteiger partial charge in [0, 0.05) is 53.0 Å². The zero-order valence-electron chi connectivity index (χ0n) is 15.1. The maximum atomic E-state index is 12.3. The first-order valence-corrected chi connectivity index (χ1v) is 8.76. The monoisotopic (exact) mass is 360 g/mol. The quantitative estimate of drug-likeness (QED) is 0.640. The van der Waals surface area contributed by atoms with Crippen LogP contribution >= 0.6 is 0 Å². The number of aromatic nitrogens is 3. The van der Waals surface area contributed by atoms with Gasteiger partial charge in [-0.25, -0.2) is 9.78 Å². The average molecular weight is 360 g/mol. The zero-order valence-corrected chi connectivity index (χ0v) is 15.1. The van der Waals surface area contributed by atoms with Crippen LogP contribution in [0.15, 0.2) is 21.9 Å². The predicted molar refractivity (Wildman–Crippen MR) is 98.5 cm³/mol. The summed E-state index contributed by atoms with van der Waals surface area (Å²) in [5.41, 5.74) is -0.312. The van der Waals surface area contributed by atoms with E-state index in [1.54, 1.807) is 7.05 Å². The topological polar surface area (TPSA) is 101 Å². The van der Waals surface area contributed by atoms with Crippen molar-refractivity contribution in [1.29, 1.82) is 0 Å². The smallest absolute Gasteiger partial charge is 0.332 e. The number of carbonyl (C=O) groups is 1. The van der Waals surface area contributed by atoms with Gasteiger partial charge >= 0.3 is 5.69 Å². The fourth-order valence-corrected chi connectivity index (χ4v) is 3.13. The highest BCUT2D eigenvalue weighted by molar-refractivity contribution is 5.96. The van der Waals surface area contributed by atoms with Gasteiger partial charge < -0.3 is 15.5 Å². The molecule has 1 amide bonds. The number of pyridine rings is 1. The van der Waals surface area contributed by atoms with Gasteiger partial charge in [-0.2, -0.15) is 0 Å². The van der Waals surface area contributed by atoms with Crippen LogP contribution in [0.5, 0.6) is 0 Å². The van der Waals surface area contributed by atoms with Crippen LogP contribution in [0.3, 0.4) is 0 Å². The van der Waals surface area contributed by atoms with Crippen molar-refractivity contribution in [2.45, 2.75) is 6.42 Å². The van der Waals surface area contributed by atoms with Crippen LogP contribution in [-0.4, -0.2) is 64.2 Å². The van der Waals surface area contributed by atoms with Gasteiger partial charge in [-0.15, -0.1) is 0 Å². The summed E-state index contributed by atoms with van der Waals surface area (Å²) in [6.45, 7) is 5.58. The lowest BCUT2D eigenvalue weighted by Gasteiger charge is -2.27. The van der Waals surface area contributed by atoms with Gasteiger partial charge in [-0.05, 0) is 19.0 Å². The van der Waals surface area contributed by atoms with Gasteiger partial charge in [-0.3, -0.25) is 18.7 Å². The molecule has 26 heavy (non-hydrogen) atoms. The molecule has 2 aromatic rings. The number of piperazine rings is 1. The summed E-state index contributed by atoms with van der Waals surface area (Å²) in [6.07, 6.45) is 2.26. The van der Waals surface area contributed by atoms with Crippen molar-refractivity contribution in [2.75, 3.05) is 39.3 Å². The van der Waals surface area contributed by atoms with Gasteiger partial charge in [-0.1, -0.05) is 0 Å². The SMILES string of the molecule is Cn1c(=O)c2cc(C(=O)NCCCN3CCNCC3)cnc2n(C)c1=O. The van der Waals surface area contributed by atoms with Crippen molar-refractivity contribution in [2.24, 2.45) is 14.1 Å². The van der Waals surface area contributed by atoms with E-state index in [9.17, 15) is 14.4 Å². The minimum Gasteiger partial charge on any atom is -0.352 e. The summed E-state index contributed by atoms with van der Waals surface area (Å²) in [4.78, 5) is 43.0. The lowest BCUT2D eigenvalue weighted by molar-refractivity contribution is 0.0951. The summed E-state index contributed by atoms with van der Waals surface area (Å²) in [5, 5.41) is 6.43. The summed E-state index contributed by atoms with van der Waals surface area (Å²) in [6, 6.07) is 1.50. The Labute approximate surface area is 150 Å². The van der Waals surface area contributed by atoms with Crippen molar-refractivity contribution < 1.29 is 4.79 Å². The van der Waals surface area contributed by atoms with E-state index >= 15 is 0 Å². The third-order valence-electron chi connectivity index (χ3n) is 4.70. The third kappa shape index (κ3) is 3.68. The van der Waals surface area contributed by atoms with E-state index in [4.69, 9.17) is 0 Å². The predicted octanol–water partition coefficient (Wildman–Crippen LogP) is -1.34. The van der Waals surface area contributed by atoms with E-state index in [2.05, 4.69) is 20.5 Å². The maximum absolute atomic E-state index is 12.3. The van der Waals surface area contributed by atoms with Gasteiger partial charge in [0.1, 0.15) is 5.65 Å². The minimum absolute atomic E-state index is 0.253. The molecule has 2 aromatic heterocycles. The second-order valence-corrected chi connectivity index (χ2v) is 6.50. The highest BCUT2D eigenvalue weighted by Gasteiger charge is 2.14. The molecule has 3 rings (SSSR count). The summed E-state index contributed by atoms with van der Waals surface area (Å²) >= 11 is 0. The fraction of sp³-hybridized carbons (Fsp3) is 0.529. The van der Waals surface area contributed by atoms with Crippen molar-refractivity contribution in [3.63, 3.8) is 0 Å². The number of nitrogens with one attached hydrogen (secondary N) is 2.